The van der Waals surface area contributed by atoms with Gasteiger partial charge in [-0.15, -0.1) is 0 Å². The van der Waals surface area contributed by atoms with Crippen molar-refractivity contribution in [3.63, 3.8) is 0 Å². The second kappa shape index (κ2) is 7.02. The molecule has 1 aromatic heterocycles. The van der Waals surface area contributed by atoms with Crippen molar-refractivity contribution in [1.82, 2.24) is 14.9 Å². The van der Waals surface area contributed by atoms with Gasteiger partial charge in [-0.25, -0.2) is 9.97 Å². The van der Waals surface area contributed by atoms with Crippen molar-refractivity contribution >= 4 is 5.95 Å². The molecule has 6 nitrogen and oxygen atoms in total. The molecule has 1 saturated heterocycles. The van der Waals surface area contributed by atoms with E-state index in [9.17, 15) is 0 Å². The number of benzene rings is 1. The molecule has 23 heavy (non-hydrogen) atoms. The lowest BCUT2D eigenvalue weighted by atomic mass is 10.1. The minimum absolute atomic E-state index is 0. The first-order valence-corrected chi connectivity index (χ1v) is 7.51. The lowest BCUT2D eigenvalue weighted by Gasteiger charge is -2.34. The molecule has 122 valence electrons. The van der Waals surface area contributed by atoms with Crippen molar-refractivity contribution in [2.24, 2.45) is 0 Å². The molecular formula is C16H18ClN4O2-. The molecule has 0 aliphatic carbocycles. The minimum atomic E-state index is 0. The van der Waals surface area contributed by atoms with E-state index in [0.717, 1.165) is 50.2 Å². The Morgan fingerprint density at radius 3 is 2.48 bits per heavy atom. The lowest BCUT2D eigenvalue weighted by Crippen LogP contribution is -3.00. The molecule has 0 unspecified atom stereocenters. The molecule has 3 heterocycles. The van der Waals surface area contributed by atoms with E-state index in [-0.39, 0.29) is 12.4 Å². The van der Waals surface area contributed by atoms with E-state index in [1.165, 1.54) is 5.56 Å². The van der Waals surface area contributed by atoms with Gasteiger partial charge in [-0.2, -0.15) is 0 Å². The van der Waals surface area contributed by atoms with Crippen LogP contribution in [0.25, 0.3) is 0 Å². The summed E-state index contributed by atoms with van der Waals surface area (Å²) in [6.45, 7) is 5.18. The van der Waals surface area contributed by atoms with Crippen molar-refractivity contribution in [2.45, 2.75) is 6.54 Å². The molecular weight excluding hydrogens is 316 g/mol. The monoisotopic (exact) mass is 333 g/mol. The Balaban J connectivity index is 0.00000156. The average molecular weight is 334 g/mol. The fourth-order valence-corrected chi connectivity index (χ4v) is 2.86. The van der Waals surface area contributed by atoms with Crippen LogP contribution in [0.2, 0.25) is 0 Å². The summed E-state index contributed by atoms with van der Waals surface area (Å²) in [5, 5.41) is 0. The van der Waals surface area contributed by atoms with Gasteiger partial charge < -0.3 is 26.8 Å². The van der Waals surface area contributed by atoms with Gasteiger partial charge in [0.2, 0.25) is 12.7 Å². The molecule has 0 atom stereocenters. The lowest BCUT2D eigenvalue weighted by molar-refractivity contribution is -0.00000613. The van der Waals surface area contributed by atoms with Crippen LogP contribution < -0.4 is 26.8 Å². The molecule has 0 N–H and O–H groups in total. The molecule has 1 aromatic carbocycles. The van der Waals surface area contributed by atoms with Crippen LogP contribution in [0.15, 0.2) is 36.7 Å². The SMILES string of the molecule is [Cl-].c1cnc(N2CCN(Cc3ccc4c(c3)OCO4)CC2)nc1. The Hall–Kier alpha value is -2.05. The summed E-state index contributed by atoms with van der Waals surface area (Å²) in [5.41, 5.74) is 1.26. The van der Waals surface area contributed by atoms with Crippen LogP contribution in [0.3, 0.4) is 0 Å². The van der Waals surface area contributed by atoms with Crippen molar-refractivity contribution < 1.29 is 21.9 Å². The van der Waals surface area contributed by atoms with Crippen molar-refractivity contribution in [3.05, 3.63) is 42.2 Å². The first-order valence-electron chi connectivity index (χ1n) is 7.51. The van der Waals surface area contributed by atoms with Gasteiger partial charge in [-0.3, -0.25) is 4.90 Å². The second-order valence-electron chi connectivity index (χ2n) is 5.50. The Bertz CT molecular complexity index is 648. The van der Waals surface area contributed by atoms with Crippen LogP contribution in [0.5, 0.6) is 11.5 Å². The molecule has 2 aliphatic heterocycles. The van der Waals surface area contributed by atoms with E-state index in [0.29, 0.717) is 6.79 Å². The second-order valence-corrected chi connectivity index (χ2v) is 5.50. The summed E-state index contributed by atoms with van der Waals surface area (Å²) in [6, 6.07) is 8.03. The predicted molar refractivity (Wildman–Crippen MR) is 82.1 cm³/mol. The largest absolute Gasteiger partial charge is 1.00 e. The van der Waals surface area contributed by atoms with E-state index in [1.54, 1.807) is 12.4 Å². The van der Waals surface area contributed by atoms with E-state index in [2.05, 4.69) is 31.9 Å². The zero-order chi connectivity index (χ0) is 14.8. The highest BCUT2D eigenvalue weighted by atomic mass is 35.5. The molecule has 0 spiro atoms. The molecule has 0 bridgehead atoms. The summed E-state index contributed by atoms with van der Waals surface area (Å²) in [4.78, 5) is 13.3. The molecule has 7 heteroatoms. The number of anilines is 1. The standard InChI is InChI=1S/C16H18N4O2.ClH/c1-4-17-16(18-5-1)20-8-6-19(7-9-20)11-13-2-3-14-15(10-13)22-12-21-14;/h1-5,10H,6-9,11-12H2;1H/p-1. The zero-order valence-corrected chi connectivity index (χ0v) is 13.4. The maximum Gasteiger partial charge on any atom is 0.231 e. The van der Waals surface area contributed by atoms with E-state index in [4.69, 9.17) is 9.47 Å². The number of nitrogens with zero attached hydrogens (tertiary/aromatic N) is 4. The van der Waals surface area contributed by atoms with Crippen LogP contribution in [0, 0.1) is 0 Å². The average Bonchev–Trinajstić information content (AvgIpc) is 3.04. The van der Waals surface area contributed by atoms with Gasteiger partial charge in [0.25, 0.3) is 0 Å². The highest BCUT2D eigenvalue weighted by Crippen LogP contribution is 2.32. The highest BCUT2D eigenvalue weighted by molar-refractivity contribution is 5.44. The summed E-state index contributed by atoms with van der Waals surface area (Å²) in [7, 11) is 0. The molecule has 4 rings (SSSR count). The van der Waals surface area contributed by atoms with Crippen LogP contribution in [0.4, 0.5) is 5.95 Å². The van der Waals surface area contributed by atoms with Gasteiger partial charge >= 0.3 is 0 Å². The first kappa shape index (κ1) is 15.8. The van der Waals surface area contributed by atoms with Gasteiger partial charge in [-0.05, 0) is 23.8 Å². The molecule has 0 amide bonds. The Morgan fingerprint density at radius 2 is 1.70 bits per heavy atom. The van der Waals surface area contributed by atoms with Gasteiger partial charge in [-0.1, -0.05) is 6.07 Å². The maximum absolute atomic E-state index is 5.44. The quantitative estimate of drug-likeness (QED) is 0.684. The molecule has 2 aromatic rings. The summed E-state index contributed by atoms with van der Waals surface area (Å²) in [5.74, 6) is 2.52. The van der Waals surface area contributed by atoms with E-state index < -0.39 is 0 Å². The highest BCUT2D eigenvalue weighted by Gasteiger charge is 2.20. The fourth-order valence-electron chi connectivity index (χ4n) is 2.86. The molecule has 0 saturated carbocycles. The van der Waals surface area contributed by atoms with Crippen LogP contribution in [-0.2, 0) is 6.54 Å². The van der Waals surface area contributed by atoms with Crippen molar-refractivity contribution in [2.75, 3.05) is 37.9 Å². The summed E-state index contributed by atoms with van der Waals surface area (Å²) in [6.07, 6.45) is 3.59. The summed E-state index contributed by atoms with van der Waals surface area (Å²) >= 11 is 0. The van der Waals surface area contributed by atoms with Gasteiger partial charge in [0.15, 0.2) is 11.5 Å². The molecule has 2 aliphatic rings. The smallest absolute Gasteiger partial charge is 0.231 e. The number of aromatic nitrogens is 2. The van der Waals surface area contributed by atoms with Gasteiger partial charge in [0.1, 0.15) is 0 Å². The van der Waals surface area contributed by atoms with E-state index >= 15 is 0 Å². The predicted octanol–water partition coefficient (Wildman–Crippen LogP) is -1.47. The number of piperazine rings is 1. The third-order valence-electron chi connectivity index (χ3n) is 4.05. The van der Waals surface area contributed by atoms with Gasteiger partial charge in [0, 0.05) is 45.1 Å². The normalized spacial score (nSPS) is 17.0. The number of hydrogen-bond donors (Lipinski definition) is 0. The minimum Gasteiger partial charge on any atom is -1.00 e. The molecule has 1 fully saturated rings. The number of fused-ring (bicyclic) bond motifs is 1. The Morgan fingerprint density at radius 1 is 0.957 bits per heavy atom. The van der Waals surface area contributed by atoms with E-state index in [1.807, 2.05) is 12.1 Å². The maximum atomic E-state index is 5.44. The van der Waals surface area contributed by atoms with Crippen molar-refractivity contribution in [1.29, 1.82) is 0 Å². The Kier molecular flexibility index (Phi) is 4.83. The number of rotatable bonds is 3. The third kappa shape index (κ3) is 3.48. The first-order chi connectivity index (χ1) is 10.9. The number of ether oxygens (including phenoxy) is 2. The van der Waals surface area contributed by atoms with Crippen LogP contribution in [0.1, 0.15) is 5.56 Å². The zero-order valence-electron chi connectivity index (χ0n) is 12.7. The number of halogens is 1. The van der Waals surface area contributed by atoms with Crippen LogP contribution >= 0.6 is 0 Å². The summed E-state index contributed by atoms with van der Waals surface area (Å²) < 4.78 is 10.8. The third-order valence-corrected chi connectivity index (χ3v) is 4.05. The topological polar surface area (TPSA) is 50.7 Å². The fraction of sp³-hybridized carbons (Fsp3) is 0.375. The Labute approximate surface area is 141 Å². The van der Waals surface area contributed by atoms with Crippen molar-refractivity contribution in [3.8, 4) is 11.5 Å². The van der Waals surface area contributed by atoms with Crippen LogP contribution in [-0.4, -0.2) is 47.8 Å². The number of hydrogen-bond acceptors (Lipinski definition) is 6. The molecule has 0 radical (unpaired) electrons. The van der Waals surface area contributed by atoms with Gasteiger partial charge in [0.05, 0.1) is 0 Å².